The number of nitrogens with one attached hydrogen (secondary N) is 1. The molecule has 1 amide bonds. The molecule has 1 aliphatic rings. The van der Waals surface area contributed by atoms with Crippen molar-refractivity contribution in [1.29, 1.82) is 0 Å². The first-order valence-electron chi connectivity index (χ1n) is 8.64. The Bertz CT molecular complexity index is 837. The summed E-state index contributed by atoms with van der Waals surface area (Å²) in [5, 5.41) is 10.2. The maximum atomic E-state index is 12.6. The molecule has 6 heteroatoms. The summed E-state index contributed by atoms with van der Waals surface area (Å²) < 4.78 is 5.45. The van der Waals surface area contributed by atoms with Crippen LogP contribution in [0, 0.1) is 13.8 Å². The molecule has 1 fully saturated rings. The van der Waals surface area contributed by atoms with Crippen LogP contribution in [0.3, 0.4) is 0 Å². The number of aryl methyl sites for hydroxylation is 2. The molecule has 0 saturated carbocycles. The first-order valence-corrected chi connectivity index (χ1v) is 8.64. The van der Waals surface area contributed by atoms with E-state index in [2.05, 4.69) is 4.98 Å². The van der Waals surface area contributed by atoms with Gasteiger partial charge in [0.1, 0.15) is 6.10 Å². The molecule has 1 saturated heterocycles. The van der Waals surface area contributed by atoms with E-state index < -0.39 is 6.10 Å². The number of aromatic nitrogens is 1. The number of carbonyl (C=O) groups is 1. The molecule has 1 unspecified atom stereocenters. The molecule has 3 rings (SSSR count). The minimum atomic E-state index is -0.462. The van der Waals surface area contributed by atoms with E-state index in [1.807, 2.05) is 32.0 Å². The Morgan fingerprint density at radius 2 is 2.20 bits per heavy atom. The first-order chi connectivity index (χ1) is 12.0. The van der Waals surface area contributed by atoms with Crippen molar-refractivity contribution in [3.63, 3.8) is 0 Å². The lowest BCUT2D eigenvalue weighted by Crippen LogP contribution is -2.41. The molecule has 2 aromatic rings. The Hall–Kier alpha value is -2.18. The van der Waals surface area contributed by atoms with Gasteiger partial charge in [-0.15, -0.1) is 0 Å². The molecule has 0 bridgehead atoms. The second kappa shape index (κ2) is 7.37. The van der Waals surface area contributed by atoms with Gasteiger partial charge in [-0.1, -0.05) is 12.1 Å². The second-order valence-electron chi connectivity index (χ2n) is 6.58. The van der Waals surface area contributed by atoms with Gasteiger partial charge in [0.15, 0.2) is 0 Å². The number of ether oxygens (including phenoxy) is 1. The van der Waals surface area contributed by atoms with Gasteiger partial charge in [-0.05, 0) is 49.3 Å². The smallest absolute Gasteiger partial charge is 0.253 e. The average Bonchev–Trinajstić information content (AvgIpc) is 3.13. The molecule has 1 atom stereocenters. The van der Waals surface area contributed by atoms with E-state index in [1.54, 1.807) is 0 Å². The van der Waals surface area contributed by atoms with Crippen molar-refractivity contribution >= 4 is 16.8 Å². The van der Waals surface area contributed by atoms with Crippen molar-refractivity contribution in [3.05, 3.63) is 45.2 Å². The fraction of sp³-hybridized carbons (Fsp3) is 0.474. The van der Waals surface area contributed by atoms with Crippen LogP contribution in [-0.2, 0) is 16.1 Å². The summed E-state index contributed by atoms with van der Waals surface area (Å²) >= 11 is 0. The van der Waals surface area contributed by atoms with Gasteiger partial charge in [0.05, 0.1) is 18.7 Å². The van der Waals surface area contributed by atoms with Gasteiger partial charge in [-0.3, -0.25) is 9.59 Å². The minimum Gasteiger partial charge on any atom is -0.395 e. The quantitative estimate of drug-likeness (QED) is 0.864. The van der Waals surface area contributed by atoms with Gasteiger partial charge in [0.25, 0.3) is 11.5 Å². The molecule has 2 N–H and O–H groups in total. The third kappa shape index (κ3) is 3.60. The number of H-pyrrole nitrogens is 1. The van der Waals surface area contributed by atoms with Crippen molar-refractivity contribution in [3.8, 4) is 0 Å². The van der Waals surface area contributed by atoms with Gasteiger partial charge < -0.3 is 19.7 Å². The highest BCUT2D eigenvalue weighted by Gasteiger charge is 2.28. The highest BCUT2D eigenvalue weighted by atomic mass is 16.5. The Morgan fingerprint density at radius 1 is 1.40 bits per heavy atom. The van der Waals surface area contributed by atoms with Gasteiger partial charge >= 0.3 is 0 Å². The van der Waals surface area contributed by atoms with Crippen LogP contribution in [0.25, 0.3) is 10.9 Å². The van der Waals surface area contributed by atoms with E-state index in [-0.39, 0.29) is 31.2 Å². The molecule has 0 spiro atoms. The van der Waals surface area contributed by atoms with Crippen molar-refractivity contribution in [2.45, 2.75) is 39.3 Å². The van der Waals surface area contributed by atoms with Crippen LogP contribution in [0.4, 0.5) is 0 Å². The molecule has 1 aromatic carbocycles. The number of aliphatic hydroxyl groups is 1. The average molecular weight is 344 g/mol. The number of benzene rings is 1. The zero-order chi connectivity index (χ0) is 18.0. The number of amides is 1. The number of pyridine rings is 1. The summed E-state index contributed by atoms with van der Waals surface area (Å²) in [7, 11) is 0. The predicted molar refractivity (Wildman–Crippen MR) is 95.5 cm³/mol. The molecule has 1 aromatic heterocycles. The molecule has 2 heterocycles. The summed E-state index contributed by atoms with van der Waals surface area (Å²) in [4.78, 5) is 29.5. The highest BCUT2D eigenvalue weighted by molar-refractivity contribution is 5.84. The third-order valence-electron chi connectivity index (χ3n) is 4.88. The van der Waals surface area contributed by atoms with Crippen LogP contribution in [0.5, 0.6) is 0 Å². The summed E-state index contributed by atoms with van der Waals surface area (Å²) in [5.41, 5.74) is 3.29. The second-order valence-corrected chi connectivity index (χ2v) is 6.58. The maximum absolute atomic E-state index is 12.6. The Labute approximate surface area is 146 Å². The molecule has 134 valence electrons. The molecular weight excluding hydrogens is 320 g/mol. The lowest BCUT2D eigenvalue weighted by Gasteiger charge is -2.24. The minimum absolute atomic E-state index is 0.151. The lowest BCUT2D eigenvalue weighted by atomic mass is 10.0. The largest absolute Gasteiger partial charge is 0.395 e. The lowest BCUT2D eigenvalue weighted by molar-refractivity contribution is -0.142. The molecule has 25 heavy (non-hydrogen) atoms. The van der Waals surface area contributed by atoms with Crippen molar-refractivity contribution in [1.82, 2.24) is 9.88 Å². The third-order valence-corrected chi connectivity index (χ3v) is 4.88. The fourth-order valence-corrected chi connectivity index (χ4v) is 3.26. The van der Waals surface area contributed by atoms with E-state index in [9.17, 15) is 14.7 Å². The fourth-order valence-electron chi connectivity index (χ4n) is 3.26. The van der Waals surface area contributed by atoms with Crippen molar-refractivity contribution < 1.29 is 14.6 Å². The van der Waals surface area contributed by atoms with Crippen LogP contribution in [0.15, 0.2) is 23.0 Å². The summed E-state index contributed by atoms with van der Waals surface area (Å²) in [6.45, 7) is 4.76. The number of fused-ring (bicyclic) bond motifs is 1. The number of nitrogens with zero attached hydrogens (tertiary/aromatic N) is 1. The van der Waals surface area contributed by atoms with Gasteiger partial charge in [0, 0.05) is 18.7 Å². The Morgan fingerprint density at radius 3 is 2.88 bits per heavy atom. The van der Waals surface area contributed by atoms with Crippen molar-refractivity contribution in [2.75, 3.05) is 19.8 Å². The van der Waals surface area contributed by atoms with Crippen LogP contribution < -0.4 is 5.56 Å². The van der Waals surface area contributed by atoms with Crippen LogP contribution >= 0.6 is 0 Å². The number of aliphatic hydroxyl groups excluding tert-OH is 1. The maximum Gasteiger partial charge on any atom is 0.253 e. The predicted octanol–water partition coefficient (Wildman–Crippen LogP) is 1.64. The van der Waals surface area contributed by atoms with Gasteiger partial charge in [-0.25, -0.2) is 0 Å². The zero-order valence-electron chi connectivity index (χ0n) is 14.7. The SMILES string of the molecule is Cc1ccc2cc(CN(CCO)C(=O)C3CCCO3)c(=O)[nH]c2c1C. The molecule has 0 radical (unpaired) electrons. The summed E-state index contributed by atoms with van der Waals surface area (Å²) in [6, 6.07) is 5.81. The molecule has 6 nitrogen and oxygen atoms in total. The van der Waals surface area contributed by atoms with Gasteiger partial charge in [-0.2, -0.15) is 0 Å². The number of hydrogen-bond acceptors (Lipinski definition) is 4. The number of hydrogen-bond donors (Lipinski definition) is 2. The standard InChI is InChI=1S/C19H24N2O4/c1-12-5-6-14-10-15(18(23)20-17(14)13(12)2)11-21(7-8-22)19(24)16-4-3-9-25-16/h5-6,10,16,22H,3-4,7-9,11H2,1-2H3,(H,20,23). The monoisotopic (exact) mass is 344 g/mol. The zero-order valence-corrected chi connectivity index (χ0v) is 14.7. The van der Waals surface area contributed by atoms with Crippen molar-refractivity contribution in [2.24, 2.45) is 0 Å². The Kier molecular flexibility index (Phi) is 5.20. The highest BCUT2D eigenvalue weighted by Crippen LogP contribution is 2.20. The van der Waals surface area contributed by atoms with E-state index in [1.165, 1.54) is 4.90 Å². The number of aromatic amines is 1. The normalized spacial score (nSPS) is 17.2. The van der Waals surface area contributed by atoms with E-state index in [0.29, 0.717) is 18.6 Å². The molecule has 1 aliphatic heterocycles. The van der Waals surface area contributed by atoms with Gasteiger partial charge in [0.2, 0.25) is 0 Å². The van der Waals surface area contributed by atoms with Crippen LogP contribution in [0.1, 0.15) is 29.5 Å². The van der Waals surface area contributed by atoms with Crippen LogP contribution in [0.2, 0.25) is 0 Å². The van der Waals surface area contributed by atoms with E-state index in [4.69, 9.17) is 4.74 Å². The molecular formula is C19H24N2O4. The van der Waals surface area contributed by atoms with Crippen LogP contribution in [-0.4, -0.2) is 46.8 Å². The topological polar surface area (TPSA) is 82.6 Å². The number of rotatable bonds is 5. The van der Waals surface area contributed by atoms with E-state index >= 15 is 0 Å². The number of carbonyl (C=O) groups excluding carboxylic acids is 1. The summed E-state index contributed by atoms with van der Waals surface area (Å²) in [6.07, 6.45) is 1.09. The summed E-state index contributed by atoms with van der Waals surface area (Å²) in [5.74, 6) is -0.161. The first kappa shape index (κ1) is 17.6. The molecule has 0 aliphatic carbocycles. The Balaban J connectivity index is 1.91. The van der Waals surface area contributed by atoms with E-state index in [0.717, 1.165) is 28.5 Å².